The number of hydrogen-bond acceptors (Lipinski definition) is 23. The summed E-state index contributed by atoms with van der Waals surface area (Å²) in [6.07, 6.45) is -13.3. The van der Waals surface area contributed by atoms with Crippen molar-refractivity contribution in [2.24, 2.45) is 10.7 Å². The first-order valence-electron chi connectivity index (χ1n) is 24.6. The monoisotopic (exact) mass is 1070 g/mol. The first-order chi connectivity index (χ1) is 36.5. The molecule has 4 aromatic carbocycles. The fourth-order valence-corrected chi connectivity index (χ4v) is 11.7. The minimum atomic E-state index is -2.57. The summed E-state index contributed by atoms with van der Waals surface area (Å²) < 4.78 is 35.1. The number of rotatable bonds is 11. The second kappa shape index (κ2) is 19.5. The van der Waals surface area contributed by atoms with Gasteiger partial charge in [-0.1, -0.05) is 24.3 Å². The number of nitrogens with two attached hydrogens (primary N) is 1. The highest BCUT2D eigenvalue weighted by atomic mass is 16.7. The Bertz CT molecular complexity index is 3250. The second-order valence-corrected chi connectivity index (χ2v) is 20.3. The molecule has 0 saturated carbocycles. The zero-order valence-electron chi connectivity index (χ0n) is 41.7. The number of aliphatic hydroxyl groups excluding tert-OH is 3. The van der Waals surface area contributed by atoms with E-state index in [1.54, 1.807) is 0 Å². The van der Waals surface area contributed by atoms with E-state index in [0.29, 0.717) is 6.21 Å². The Morgan fingerprint density at radius 3 is 1.57 bits per heavy atom. The van der Waals surface area contributed by atoms with E-state index in [4.69, 9.17) is 34.2 Å². The van der Waals surface area contributed by atoms with Gasteiger partial charge in [0.2, 0.25) is 17.3 Å². The maximum atomic E-state index is 14.5. The lowest BCUT2D eigenvalue weighted by Crippen LogP contribution is -2.53. The van der Waals surface area contributed by atoms with Gasteiger partial charge < -0.3 is 80.1 Å². The van der Waals surface area contributed by atoms with E-state index < -0.39 is 191 Å². The number of aliphatic hydroxyl groups is 5. The number of nitrogens with zero attached hydrogens (tertiary/aromatic N) is 1. The lowest BCUT2D eigenvalue weighted by Gasteiger charge is -2.42. The van der Waals surface area contributed by atoms with Gasteiger partial charge >= 0.3 is 0 Å². The van der Waals surface area contributed by atoms with Crippen LogP contribution in [0.25, 0.3) is 0 Å². The average Bonchev–Trinajstić information content (AvgIpc) is 3.43. The van der Waals surface area contributed by atoms with Crippen molar-refractivity contribution in [3.63, 3.8) is 0 Å². The number of carbonyl (C=O) groups is 6. The van der Waals surface area contributed by atoms with Gasteiger partial charge in [-0.3, -0.25) is 33.8 Å². The van der Waals surface area contributed by atoms with E-state index in [-0.39, 0.29) is 62.4 Å². The molecule has 23 nitrogen and oxygen atoms in total. The van der Waals surface area contributed by atoms with Gasteiger partial charge in [-0.15, -0.1) is 0 Å². The summed E-state index contributed by atoms with van der Waals surface area (Å²) in [6.45, 7) is 1.77. The molecule has 4 aromatic rings. The molecule has 2 heterocycles. The van der Waals surface area contributed by atoms with Gasteiger partial charge in [0.1, 0.15) is 58.4 Å². The Morgan fingerprint density at radius 1 is 0.662 bits per heavy atom. The average molecular weight is 1070 g/mol. The molecule has 0 unspecified atom stereocenters. The molecule has 2 saturated heterocycles. The van der Waals surface area contributed by atoms with E-state index in [9.17, 15) is 74.7 Å². The van der Waals surface area contributed by atoms with Crippen LogP contribution in [-0.2, 0) is 41.4 Å². The van der Waals surface area contributed by atoms with Crippen molar-refractivity contribution in [2.45, 2.75) is 125 Å². The number of Topliss-reactive ketones (excluding diaryl/α,β-unsaturated/α-hetero) is 2. The molecule has 2 fully saturated rings. The highest BCUT2D eigenvalue weighted by Crippen LogP contribution is 2.55. The number of carbonyl (C=O) groups excluding carboxylic acids is 6. The lowest BCUT2D eigenvalue weighted by molar-refractivity contribution is -0.247. The quantitative estimate of drug-likeness (QED) is 0.0642. The predicted molar refractivity (Wildman–Crippen MR) is 261 cm³/mol. The third-order valence-corrected chi connectivity index (χ3v) is 15.7. The Balaban J connectivity index is 0.976. The molecule has 0 spiro atoms. The number of fused-ring (bicyclic) bond motifs is 6. The fourth-order valence-electron chi connectivity index (χ4n) is 11.7. The molecule has 0 bridgehead atoms. The molecule has 4 aliphatic carbocycles. The van der Waals surface area contributed by atoms with Crippen molar-refractivity contribution in [3.8, 4) is 34.5 Å². The molecular weight excluding hydrogens is 1010 g/mol. The Labute approximate surface area is 437 Å². The van der Waals surface area contributed by atoms with Gasteiger partial charge in [-0.25, -0.2) is 0 Å². The van der Waals surface area contributed by atoms with Crippen LogP contribution in [0, 0.1) is 0 Å². The van der Waals surface area contributed by atoms with E-state index in [2.05, 4.69) is 4.99 Å². The normalized spacial score (nSPS) is 30.4. The van der Waals surface area contributed by atoms with Crippen molar-refractivity contribution in [1.82, 2.24) is 0 Å². The molecule has 6 aliphatic rings. The maximum Gasteiger partial charge on any atom is 0.205 e. The molecule has 23 heteroatoms. The van der Waals surface area contributed by atoms with E-state index in [1.165, 1.54) is 64.5 Å². The SMILES string of the molecule is COc1cccc2c1C(=O)c1c(O)c3c(c(O)c1C2=O)C[C@@](O)(C(=O)C=N[C@H]1C[C@H](O[C@H]2C[C@](O)(C(=O)CO)Cc4c(O)c5c(c(O)c42)C(=O)c2c(OC)cccc2C5=O)O[C@@H](C)[C@H]1O)C[C@@H]3O[C@H]1C[C@H](N)[C@H](O)[C@H](C)O1. The van der Waals surface area contributed by atoms with Gasteiger partial charge in [0.15, 0.2) is 29.9 Å². The standard InChI is InChI=1S/C54H54N2O21/c1-19-43(60)25(55)11-33(74-19)76-29-15-53(70,13-23-37(29)51(68)41-39(47(23)64)45(62)21-7-5-9-27(72-3)35(21)49(41)66)31(58)17-56-26-12-34(75-20(2)44(26)61)77-30-16-54(71,32(59)18-57)14-24-38(30)52(69)42-40(48(24)65)46(63)22-8-6-10-28(73-4)36(22)50(42)67/h5-10,17,19-20,25-26,29-30,33-34,43-44,57,60-61,64-65,68-71H,11-16,18,55H2,1-4H3/t19-,20-,25-,26-,29-,30-,33-,34-,43+,44+,53-,54-/m0/s1. The number of benzene rings is 4. The van der Waals surface area contributed by atoms with Gasteiger partial charge in [-0.2, -0.15) is 0 Å². The zero-order valence-corrected chi connectivity index (χ0v) is 41.7. The van der Waals surface area contributed by atoms with Crippen LogP contribution in [-0.4, -0.2) is 168 Å². The van der Waals surface area contributed by atoms with Gasteiger partial charge in [0.05, 0.1) is 90.4 Å². The van der Waals surface area contributed by atoms with Crippen LogP contribution in [0.3, 0.4) is 0 Å². The third kappa shape index (κ3) is 8.39. The predicted octanol–water partition coefficient (Wildman–Crippen LogP) is 1.14. The van der Waals surface area contributed by atoms with E-state index >= 15 is 0 Å². The van der Waals surface area contributed by atoms with Crippen LogP contribution in [0.1, 0.15) is 138 Å². The van der Waals surface area contributed by atoms with Crippen LogP contribution >= 0.6 is 0 Å². The summed E-state index contributed by atoms with van der Waals surface area (Å²) >= 11 is 0. The first kappa shape index (κ1) is 53.4. The Morgan fingerprint density at radius 2 is 1.10 bits per heavy atom. The van der Waals surface area contributed by atoms with Crippen LogP contribution in [0.5, 0.6) is 34.5 Å². The second-order valence-electron chi connectivity index (χ2n) is 20.3. The fraction of sp³-hybridized carbons (Fsp3) is 0.426. The van der Waals surface area contributed by atoms with E-state index in [1.807, 2.05) is 0 Å². The number of ether oxygens (including phenoxy) is 6. The van der Waals surface area contributed by atoms with Gasteiger partial charge in [0, 0.05) is 77.9 Å². The molecule has 11 N–H and O–H groups in total. The molecule has 2 aliphatic heterocycles. The summed E-state index contributed by atoms with van der Waals surface area (Å²) in [7, 11) is 2.54. The molecular formula is C54H54N2O21. The van der Waals surface area contributed by atoms with Crippen LogP contribution in [0.15, 0.2) is 41.4 Å². The lowest BCUT2D eigenvalue weighted by atomic mass is 9.72. The van der Waals surface area contributed by atoms with Crippen molar-refractivity contribution in [2.75, 3.05) is 20.8 Å². The van der Waals surface area contributed by atoms with Crippen LogP contribution < -0.4 is 15.2 Å². The number of hydrogen-bond donors (Lipinski definition) is 10. The topological polar surface area (TPSA) is 378 Å². The summed E-state index contributed by atoms with van der Waals surface area (Å²) in [4.78, 5) is 88.4. The van der Waals surface area contributed by atoms with Crippen molar-refractivity contribution >= 4 is 40.9 Å². The number of phenols is 4. The highest BCUT2D eigenvalue weighted by molar-refractivity contribution is 6.33. The zero-order chi connectivity index (χ0) is 55.5. The molecule has 12 atom stereocenters. The largest absolute Gasteiger partial charge is 0.507 e. The van der Waals surface area contributed by atoms with Crippen LogP contribution in [0.2, 0.25) is 0 Å². The molecule has 0 aromatic heterocycles. The highest BCUT2D eigenvalue weighted by Gasteiger charge is 2.53. The maximum absolute atomic E-state index is 14.5. The molecule has 77 heavy (non-hydrogen) atoms. The number of ketones is 6. The molecule has 0 amide bonds. The summed E-state index contributed by atoms with van der Waals surface area (Å²) in [5.74, 6) is -9.08. The van der Waals surface area contributed by atoms with Crippen molar-refractivity contribution in [3.05, 3.63) is 103 Å². The number of phenolic OH excluding ortho intramolecular Hbond substituents is 4. The first-order valence-corrected chi connectivity index (χ1v) is 24.6. The molecule has 10 rings (SSSR count). The summed E-state index contributed by atoms with van der Waals surface area (Å²) in [5, 5.41) is 104. The summed E-state index contributed by atoms with van der Waals surface area (Å²) in [5.41, 5.74) is -3.21. The van der Waals surface area contributed by atoms with Crippen molar-refractivity contribution in [1.29, 1.82) is 0 Å². The minimum Gasteiger partial charge on any atom is -0.507 e. The number of aromatic hydroxyl groups is 4. The molecule has 0 radical (unpaired) electrons. The van der Waals surface area contributed by atoms with E-state index in [0.717, 1.165) is 0 Å². The Kier molecular flexibility index (Phi) is 13.5. The number of aliphatic imine (C=N–C) groups is 1. The van der Waals surface area contributed by atoms with Crippen LogP contribution in [0.4, 0.5) is 0 Å². The van der Waals surface area contributed by atoms with Gasteiger partial charge in [-0.05, 0) is 26.0 Å². The third-order valence-electron chi connectivity index (χ3n) is 15.7. The molecule has 406 valence electrons. The smallest absolute Gasteiger partial charge is 0.205 e. The number of methoxy groups -OCH3 is 2. The minimum absolute atomic E-state index is 0.00520. The van der Waals surface area contributed by atoms with Crippen molar-refractivity contribution < 1.29 is 103 Å². The Hall–Kier alpha value is -7.03. The summed E-state index contributed by atoms with van der Waals surface area (Å²) in [6, 6.07) is 6.22. The van der Waals surface area contributed by atoms with Gasteiger partial charge in [0.25, 0.3) is 0 Å².